The molecule has 0 amide bonds. The fraction of sp³-hybridized carbons (Fsp3) is 0. The molecule has 2 N–H and O–H groups in total. The van der Waals surface area contributed by atoms with E-state index in [1.54, 1.807) is 17.7 Å². The Labute approximate surface area is 169 Å². The van der Waals surface area contributed by atoms with Gasteiger partial charge in [-0.05, 0) is 24.3 Å². The topological polar surface area (TPSA) is 79.4 Å². The number of hydrogen-bond acceptors (Lipinski definition) is 6. The van der Waals surface area contributed by atoms with Crippen molar-refractivity contribution in [2.75, 3.05) is 5.32 Å². The standard InChI is InChI=1S/C20H13ClN6S/c21-14-5-1-13(2-6-14)20-27-16(9-28-20)12-3-7-15(8-4-12)26-19-17-18(23-10-22-17)24-11-25-19/h1-11H,(H2,22,23,24,25,26). The van der Waals surface area contributed by atoms with Gasteiger partial charge in [0.2, 0.25) is 0 Å². The monoisotopic (exact) mass is 404 g/mol. The largest absolute Gasteiger partial charge is 0.340 e. The summed E-state index contributed by atoms with van der Waals surface area (Å²) in [6.45, 7) is 0. The molecule has 6 nitrogen and oxygen atoms in total. The molecule has 0 aliphatic rings. The Morgan fingerprint density at radius 1 is 0.893 bits per heavy atom. The molecule has 0 aliphatic heterocycles. The molecule has 0 unspecified atom stereocenters. The molecular formula is C20H13ClN6S. The number of halogens is 1. The second kappa shape index (κ2) is 7.03. The molecule has 8 heteroatoms. The Morgan fingerprint density at radius 3 is 2.50 bits per heavy atom. The molecule has 5 aromatic rings. The van der Waals surface area contributed by atoms with Crippen molar-refractivity contribution in [3.63, 3.8) is 0 Å². The highest BCUT2D eigenvalue weighted by Gasteiger charge is 2.09. The minimum Gasteiger partial charge on any atom is -0.340 e. The molecule has 0 saturated carbocycles. The first-order valence-corrected chi connectivity index (χ1v) is 9.75. The summed E-state index contributed by atoms with van der Waals surface area (Å²) in [7, 11) is 0. The van der Waals surface area contributed by atoms with Gasteiger partial charge in [0.1, 0.15) is 16.9 Å². The van der Waals surface area contributed by atoms with Gasteiger partial charge in [-0.2, -0.15) is 0 Å². The number of hydrogen-bond donors (Lipinski definition) is 2. The number of imidazole rings is 1. The van der Waals surface area contributed by atoms with Crippen molar-refractivity contribution in [3.05, 3.63) is 71.6 Å². The first kappa shape index (κ1) is 16.9. The van der Waals surface area contributed by atoms with Gasteiger partial charge in [-0.15, -0.1) is 11.3 Å². The number of aromatic nitrogens is 5. The van der Waals surface area contributed by atoms with E-state index in [0.717, 1.165) is 38.1 Å². The van der Waals surface area contributed by atoms with Crippen molar-refractivity contribution in [1.82, 2.24) is 24.9 Å². The second-order valence-electron chi connectivity index (χ2n) is 6.07. The van der Waals surface area contributed by atoms with Gasteiger partial charge in [0.15, 0.2) is 11.5 Å². The first-order chi connectivity index (χ1) is 13.8. The van der Waals surface area contributed by atoms with Gasteiger partial charge in [-0.3, -0.25) is 0 Å². The molecule has 3 heterocycles. The minimum absolute atomic E-state index is 0.631. The van der Waals surface area contributed by atoms with Crippen molar-refractivity contribution in [2.45, 2.75) is 0 Å². The van der Waals surface area contributed by atoms with Gasteiger partial charge in [-0.1, -0.05) is 35.9 Å². The lowest BCUT2D eigenvalue weighted by atomic mass is 10.1. The number of benzene rings is 2. The Kier molecular flexibility index (Phi) is 4.23. The van der Waals surface area contributed by atoms with E-state index in [1.165, 1.54) is 6.33 Å². The third-order valence-corrected chi connectivity index (χ3v) is 5.41. The van der Waals surface area contributed by atoms with Crippen LogP contribution in [0.1, 0.15) is 0 Å². The van der Waals surface area contributed by atoms with Gasteiger partial charge in [-0.25, -0.2) is 19.9 Å². The van der Waals surface area contributed by atoms with E-state index in [0.29, 0.717) is 11.5 Å². The lowest BCUT2D eigenvalue weighted by Crippen LogP contribution is -1.95. The van der Waals surface area contributed by atoms with E-state index >= 15 is 0 Å². The van der Waals surface area contributed by atoms with Crippen LogP contribution in [-0.2, 0) is 0 Å². The Morgan fingerprint density at radius 2 is 1.68 bits per heavy atom. The molecule has 136 valence electrons. The molecule has 0 fully saturated rings. The molecule has 0 bridgehead atoms. The lowest BCUT2D eigenvalue weighted by molar-refractivity contribution is 1.20. The van der Waals surface area contributed by atoms with Crippen LogP contribution in [0, 0.1) is 0 Å². The van der Waals surface area contributed by atoms with Crippen LogP contribution in [0.5, 0.6) is 0 Å². The van der Waals surface area contributed by atoms with Crippen LogP contribution in [0.2, 0.25) is 5.02 Å². The Hall–Kier alpha value is -3.29. The second-order valence-corrected chi connectivity index (χ2v) is 7.37. The zero-order chi connectivity index (χ0) is 18.9. The number of aromatic amines is 1. The summed E-state index contributed by atoms with van der Waals surface area (Å²) in [6.07, 6.45) is 3.10. The summed E-state index contributed by atoms with van der Waals surface area (Å²) < 4.78 is 0. The van der Waals surface area contributed by atoms with Crippen molar-refractivity contribution >= 4 is 45.6 Å². The number of nitrogens with zero attached hydrogens (tertiary/aromatic N) is 4. The van der Waals surface area contributed by atoms with Crippen LogP contribution < -0.4 is 5.32 Å². The van der Waals surface area contributed by atoms with Crippen molar-refractivity contribution in [2.24, 2.45) is 0 Å². The Balaban J connectivity index is 1.38. The molecule has 2 aromatic carbocycles. The average Bonchev–Trinajstić information content (AvgIpc) is 3.39. The molecule has 0 saturated heterocycles. The summed E-state index contributed by atoms with van der Waals surface area (Å²) in [5, 5.41) is 7.05. The summed E-state index contributed by atoms with van der Waals surface area (Å²) >= 11 is 7.58. The van der Waals surface area contributed by atoms with E-state index in [-0.39, 0.29) is 0 Å². The predicted molar refractivity (Wildman–Crippen MR) is 113 cm³/mol. The molecule has 0 aliphatic carbocycles. The zero-order valence-electron chi connectivity index (χ0n) is 14.4. The average molecular weight is 405 g/mol. The fourth-order valence-electron chi connectivity index (χ4n) is 2.85. The fourth-order valence-corrected chi connectivity index (χ4v) is 3.81. The minimum atomic E-state index is 0.631. The summed E-state index contributed by atoms with van der Waals surface area (Å²) in [5.41, 5.74) is 5.39. The maximum absolute atomic E-state index is 5.96. The maximum Gasteiger partial charge on any atom is 0.182 e. The van der Waals surface area contributed by atoms with Gasteiger partial charge < -0.3 is 10.3 Å². The van der Waals surface area contributed by atoms with Gasteiger partial charge >= 0.3 is 0 Å². The summed E-state index contributed by atoms with van der Waals surface area (Å²) in [4.78, 5) is 20.4. The van der Waals surface area contributed by atoms with Crippen LogP contribution in [0.15, 0.2) is 66.6 Å². The Bertz CT molecular complexity index is 1240. The molecule has 3 aromatic heterocycles. The van der Waals surface area contributed by atoms with Crippen LogP contribution in [0.25, 0.3) is 33.0 Å². The number of rotatable bonds is 4. The third kappa shape index (κ3) is 3.21. The number of H-pyrrole nitrogens is 1. The number of anilines is 2. The molecule has 5 rings (SSSR count). The number of fused-ring (bicyclic) bond motifs is 1. The lowest BCUT2D eigenvalue weighted by Gasteiger charge is -2.06. The van der Waals surface area contributed by atoms with E-state index in [9.17, 15) is 0 Å². The number of thiazole rings is 1. The van der Waals surface area contributed by atoms with Crippen LogP contribution in [0.4, 0.5) is 11.5 Å². The summed E-state index contributed by atoms with van der Waals surface area (Å²) in [6, 6.07) is 15.8. The van der Waals surface area contributed by atoms with Crippen LogP contribution in [-0.4, -0.2) is 24.9 Å². The van der Waals surface area contributed by atoms with Crippen molar-refractivity contribution in [1.29, 1.82) is 0 Å². The smallest absolute Gasteiger partial charge is 0.182 e. The third-order valence-electron chi connectivity index (χ3n) is 4.26. The van der Waals surface area contributed by atoms with Crippen molar-refractivity contribution in [3.8, 4) is 21.8 Å². The van der Waals surface area contributed by atoms with Gasteiger partial charge in [0.25, 0.3) is 0 Å². The van der Waals surface area contributed by atoms with E-state index in [1.807, 2.05) is 48.5 Å². The normalized spacial score (nSPS) is 11.0. The highest BCUT2D eigenvalue weighted by molar-refractivity contribution is 7.13. The van der Waals surface area contributed by atoms with E-state index < -0.39 is 0 Å². The quantitative estimate of drug-likeness (QED) is 0.411. The zero-order valence-corrected chi connectivity index (χ0v) is 16.0. The molecule has 28 heavy (non-hydrogen) atoms. The first-order valence-electron chi connectivity index (χ1n) is 8.49. The highest BCUT2D eigenvalue weighted by Crippen LogP contribution is 2.30. The van der Waals surface area contributed by atoms with Gasteiger partial charge in [0, 0.05) is 27.2 Å². The highest BCUT2D eigenvalue weighted by atomic mass is 35.5. The molecule has 0 radical (unpaired) electrons. The van der Waals surface area contributed by atoms with E-state index in [4.69, 9.17) is 16.6 Å². The SMILES string of the molecule is Clc1ccc(-c2nc(-c3ccc(Nc4ncnc5nc[nH]c45)cc3)cs2)cc1. The molecule has 0 spiro atoms. The molecular weight excluding hydrogens is 392 g/mol. The van der Waals surface area contributed by atoms with Crippen LogP contribution >= 0.6 is 22.9 Å². The van der Waals surface area contributed by atoms with Crippen LogP contribution in [0.3, 0.4) is 0 Å². The van der Waals surface area contributed by atoms with Gasteiger partial charge in [0.05, 0.1) is 12.0 Å². The molecule has 0 atom stereocenters. The summed E-state index contributed by atoms with van der Waals surface area (Å²) in [5.74, 6) is 0.689. The predicted octanol–water partition coefficient (Wildman–Crippen LogP) is 5.54. The maximum atomic E-state index is 5.96. The van der Waals surface area contributed by atoms with Crippen molar-refractivity contribution < 1.29 is 0 Å². The number of nitrogens with one attached hydrogen (secondary N) is 2. The van der Waals surface area contributed by atoms with E-state index in [2.05, 4.69) is 30.6 Å².